The molecule has 0 radical (unpaired) electrons. The van der Waals surface area contributed by atoms with Crippen LogP contribution in [0.4, 0.5) is 5.82 Å². The molecule has 0 aliphatic heterocycles. The molecule has 4 nitrogen and oxygen atoms in total. The van der Waals surface area contributed by atoms with E-state index in [1.807, 2.05) is 19.1 Å². The molecule has 0 aliphatic carbocycles. The van der Waals surface area contributed by atoms with Crippen molar-refractivity contribution in [3.05, 3.63) is 53.5 Å². The maximum absolute atomic E-state index is 4.64. The van der Waals surface area contributed by atoms with Crippen LogP contribution in [-0.2, 0) is 13.1 Å². The molecule has 4 heteroatoms. The largest absolute Gasteiger partial charge is 0.370 e. The number of aryl methyl sites for hydroxylation is 1. The zero-order valence-corrected chi connectivity index (χ0v) is 13.1. The summed E-state index contributed by atoms with van der Waals surface area (Å²) >= 11 is 0. The van der Waals surface area contributed by atoms with Gasteiger partial charge in [0.25, 0.3) is 0 Å². The molecule has 0 spiro atoms. The molecular formula is C17H24N4. The van der Waals surface area contributed by atoms with Crippen LogP contribution in [0.3, 0.4) is 0 Å². The van der Waals surface area contributed by atoms with E-state index in [0.717, 1.165) is 49.0 Å². The number of hydrogen-bond donors (Lipinski definition) is 1. The molecule has 0 saturated heterocycles. The highest BCUT2D eigenvalue weighted by Crippen LogP contribution is 2.09. The third-order valence-corrected chi connectivity index (χ3v) is 3.17. The quantitative estimate of drug-likeness (QED) is 0.847. The van der Waals surface area contributed by atoms with Crippen molar-refractivity contribution >= 4 is 5.82 Å². The van der Waals surface area contributed by atoms with Gasteiger partial charge in [-0.25, -0.2) is 4.98 Å². The minimum atomic E-state index is 0.817. The SMILES string of the molecule is CCCNc1cccc(CN(C)Cc2cccc(C)n2)n1. The number of aromatic nitrogens is 2. The Balaban J connectivity index is 1.94. The molecule has 0 atom stereocenters. The van der Waals surface area contributed by atoms with Gasteiger partial charge in [0, 0.05) is 25.3 Å². The predicted octanol–water partition coefficient (Wildman–Crippen LogP) is 3.24. The van der Waals surface area contributed by atoms with E-state index in [1.54, 1.807) is 0 Å². The van der Waals surface area contributed by atoms with Crippen molar-refractivity contribution in [3.63, 3.8) is 0 Å². The second-order valence-corrected chi connectivity index (χ2v) is 5.38. The number of anilines is 1. The van der Waals surface area contributed by atoms with Gasteiger partial charge in [0.05, 0.1) is 11.4 Å². The molecule has 112 valence electrons. The highest BCUT2D eigenvalue weighted by Gasteiger charge is 2.05. The molecule has 2 aromatic heterocycles. The molecular weight excluding hydrogens is 260 g/mol. The lowest BCUT2D eigenvalue weighted by atomic mass is 10.3. The van der Waals surface area contributed by atoms with E-state index in [1.165, 1.54) is 0 Å². The van der Waals surface area contributed by atoms with Gasteiger partial charge in [-0.2, -0.15) is 0 Å². The first-order chi connectivity index (χ1) is 10.2. The van der Waals surface area contributed by atoms with Gasteiger partial charge in [-0.05, 0) is 44.7 Å². The van der Waals surface area contributed by atoms with Crippen LogP contribution < -0.4 is 5.32 Å². The minimum absolute atomic E-state index is 0.817. The maximum atomic E-state index is 4.64. The van der Waals surface area contributed by atoms with Gasteiger partial charge in [0.1, 0.15) is 5.82 Å². The van der Waals surface area contributed by atoms with Gasteiger partial charge in [-0.15, -0.1) is 0 Å². The van der Waals surface area contributed by atoms with Crippen LogP contribution in [-0.4, -0.2) is 28.5 Å². The predicted molar refractivity (Wildman–Crippen MR) is 87.2 cm³/mol. The smallest absolute Gasteiger partial charge is 0.126 e. The first-order valence-corrected chi connectivity index (χ1v) is 7.48. The fraction of sp³-hybridized carbons (Fsp3) is 0.412. The second-order valence-electron chi connectivity index (χ2n) is 5.38. The van der Waals surface area contributed by atoms with E-state index in [0.29, 0.717) is 0 Å². The van der Waals surface area contributed by atoms with Crippen LogP contribution in [0.15, 0.2) is 36.4 Å². The zero-order valence-electron chi connectivity index (χ0n) is 13.1. The summed E-state index contributed by atoms with van der Waals surface area (Å²) in [5.41, 5.74) is 3.23. The summed E-state index contributed by atoms with van der Waals surface area (Å²) in [6.07, 6.45) is 1.10. The van der Waals surface area contributed by atoms with Crippen molar-refractivity contribution in [2.45, 2.75) is 33.4 Å². The molecule has 0 unspecified atom stereocenters. The van der Waals surface area contributed by atoms with Crippen LogP contribution in [0.5, 0.6) is 0 Å². The molecule has 0 saturated carbocycles. The van der Waals surface area contributed by atoms with E-state index < -0.39 is 0 Å². The molecule has 0 fully saturated rings. The summed E-state index contributed by atoms with van der Waals surface area (Å²) in [4.78, 5) is 11.4. The highest BCUT2D eigenvalue weighted by atomic mass is 15.1. The fourth-order valence-corrected chi connectivity index (χ4v) is 2.22. The van der Waals surface area contributed by atoms with E-state index in [2.05, 4.69) is 58.4 Å². The topological polar surface area (TPSA) is 41.0 Å². The Hall–Kier alpha value is -1.94. The Morgan fingerprint density at radius 3 is 2.33 bits per heavy atom. The van der Waals surface area contributed by atoms with Gasteiger partial charge >= 0.3 is 0 Å². The lowest BCUT2D eigenvalue weighted by Gasteiger charge is -2.16. The first-order valence-electron chi connectivity index (χ1n) is 7.48. The second kappa shape index (κ2) is 7.74. The van der Waals surface area contributed by atoms with Crippen molar-refractivity contribution in [3.8, 4) is 0 Å². The van der Waals surface area contributed by atoms with E-state index in [4.69, 9.17) is 0 Å². The van der Waals surface area contributed by atoms with E-state index in [9.17, 15) is 0 Å². The Labute approximate surface area is 127 Å². The molecule has 2 heterocycles. The lowest BCUT2D eigenvalue weighted by molar-refractivity contribution is 0.311. The monoisotopic (exact) mass is 284 g/mol. The van der Waals surface area contributed by atoms with Gasteiger partial charge in [0.2, 0.25) is 0 Å². The molecule has 0 aromatic carbocycles. The van der Waals surface area contributed by atoms with Crippen molar-refractivity contribution in [2.75, 3.05) is 18.9 Å². The maximum Gasteiger partial charge on any atom is 0.126 e. The zero-order chi connectivity index (χ0) is 15.1. The Morgan fingerprint density at radius 2 is 1.67 bits per heavy atom. The standard InChI is InChI=1S/C17H24N4/c1-4-11-18-17-10-6-9-16(20-17)13-21(3)12-15-8-5-7-14(2)19-15/h5-10H,4,11-13H2,1-3H3,(H,18,20). The summed E-state index contributed by atoms with van der Waals surface area (Å²) in [6, 6.07) is 12.3. The molecule has 2 aromatic rings. The Bertz CT molecular complexity index is 568. The summed E-state index contributed by atoms with van der Waals surface area (Å²) in [5.74, 6) is 0.955. The number of nitrogens with zero attached hydrogens (tertiary/aromatic N) is 3. The summed E-state index contributed by atoms with van der Waals surface area (Å²) in [5, 5.41) is 3.32. The average molecular weight is 284 g/mol. The van der Waals surface area contributed by atoms with Crippen LogP contribution in [0, 0.1) is 6.92 Å². The molecule has 1 N–H and O–H groups in total. The fourth-order valence-electron chi connectivity index (χ4n) is 2.22. The van der Waals surface area contributed by atoms with Crippen LogP contribution >= 0.6 is 0 Å². The van der Waals surface area contributed by atoms with Crippen molar-refractivity contribution in [1.82, 2.24) is 14.9 Å². The van der Waals surface area contributed by atoms with Crippen LogP contribution in [0.25, 0.3) is 0 Å². The lowest BCUT2D eigenvalue weighted by Crippen LogP contribution is -2.19. The normalized spacial score (nSPS) is 10.9. The highest BCUT2D eigenvalue weighted by molar-refractivity contribution is 5.35. The van der Waals surface area contributed by atoms with Gasteiger partial charge in [0.15, 0.2) is 0 Å². The van der Waals surface area contributed by atoms with Gasteiger partial charge in [-0.1, -0.05) is 19.1 Å². The Morgan fingerprint density at radius 1 is 1.00 bits per heavy atom. The Kier molecular flexibility index (Phi) is 5.69. The third-order valence-electron chi connectivity index (χ3n) is 3.17. The molecule has 21 heavy (non-hydrogen) atoms. The minimum Gasteiger partial charge on any atom is -0.370 e. The van der Waals surface area contributed by atoms with Gasteiger partial charge < -0.3 is 5.32 Å². The summed E-state index contributed by atoms with van der Waals surface area (Å²) in [6.45, 7) is 6.78. The first kappa shape index (κ1) is 15.4. The summed E-state index contributed by atoms with van der Waals surface area (Å²) in [7, 11) is 2.10. The third kappa shape index (κ3) is 5.16. The average Bonchev–Trinajstić information content (AvgIpc) is 2.45. The number of rotatable bonds is 7. The molecule has 0 bridgehead atoms. The number of pyridine rings is 2. The molecule has 2 rings (SSSR count). The van der Waals surface area contributed by atoms with Crippen LogP contribution in [0.2, 0.25) is 0 Å². The van der Waals surface area contributed by atoms with E-state index >= 15 is 0 Å². The van der Waals surface area contributed by atoms with E-state index in [-0.39, 0.29) is 0 Å². The van der Waals surface area contributed by atoms with Crippen molar-refractivity contribution in [2.24, 2.45) is 0 Å². The number of nitrogens with one attached hydrogen (secondary N) is 1. The molecule has 0 aliphatic rings. The van der Waals surface area contributed by atoms with Crippen molar-refractivity contribution < 1.29 is 0 Å². The summed E-state index contributed by atoms with van der Waals surface area (Å²) < 4.78 is 0. The van der Waals surface area contributed by atoms with Gasteiger partial charge in [-0.3, -0.25) is 9.88 Å². The van der Waals surface area contributed by atoms with Crippen LogP contribution in [0.1, 0.15) is 30.4 Å². The number of hydrogen-bond acceptors (Lipinski definition) is 4. The molecule has 0 amide bonds. The van der Waals surface area contributed by atoms with Crippen molar-refractivity contribution in [1.29, 1.82) is 0 Å².